The molecule has 1 aliphatic rings. The lowest BCUT2D eigenvalue weighted by molar-refractivity contribution is 0.117. The van der Waals surface area contributed by atoms with E-state index in [0.717, 1.165) is 31.4 Å². The van der Waals surface area contributed by atoms with E-state index in [-0.39, 0.29) is 6.03 Å². The quantitative estimate of drug-likeness (QED) is 0.846. The number of urea groups is 1. The smallest absolute Gasteiger partial charge is 0.321 e. The van der Waals surface area contributed by atoms with Crippen LogP contribution in [0.5, 0.6) is 0 Å². The van der Waals surface area contributed by atoms with Crippen molar-refractivity contribution >= 4 is 11.7 Å². The highest BCUT2D eigenvalue weighted by atomic mass is 16.3. The Bertz CT molecular complexity index is 498. The predicted molar refractivity (Wildman–Crippen MR) is 85.6 cm³/mol. The fraction of sp³-hybridized carbons (Fsp3) is 0.588. The second kappa shape index (κ2) is 6.94. The maximum Gasteiger partial charge on any atom is 0.321 e. The van der Waals surface area contributed by atoms with Crippen molar-refractivity contribution < 1.29 is 9.90 Å². The second-order valence-corrected chi connectivity index (χ2v) is 5.91. The Labute approximate surface area is 127 Å². The van der Waals surface area contributed by atoms with Crippen LogP contribution in [0.4, 0.5) is 10.5 Å². The summed E-state index contributed by atoms with van der Waals surface area (Å²) in [4.78, 5) is 13.7. The summed E-state index contributed by atoms with van der Waals surface area (Å²) in [5, 5.41) is 12.8. The number of aliphatic hydroxyl groups is 1. The molecule has 2 N–H and O–H groups in total. The first-order valence-electron chi connectivity index (χ1n) is 7.87. The van der Waals surface area contributed by atoms with Crippen LogP contribution in [0.1, 0.15) is 37.8 Å². The molecule has 0 bridgehead atoms. The SMILES string of the molecule is CCc1ccc(NC(=O)N(C)CC(O)C2CC2)cc1CC. The van der Waals surface area contributed by atoms with E-state index in [0.29, 0.717) is 12.5 Å². The molecule has 4 heteroatoms. The molecule has 1 unspecified atom stereocenters. The molecular formula is C17H26N2O2. The Hall–Kier alpha value is -1.55. The maximum absolute atomic E-state index is 12.1. The zero-order valence-electron chi connectivity index (χ0n) is 13.2. The molecule has 4 nitrogen and oxygen atoms in total. The zero-order chi connectivity index (χ0) is 15.4. The Morgan fingerprint density at radius 3 is 2.57 bits per heavy atom. The molecule has 0 saturated heterocycles. The van der Waals surface area contributed by atoms with E-state index < -0.39 is 6.10 Å². The van der Waals surface area contributed by atoms with Gasteiger partial charge in [-0.2, -0.15) is 0 Å². The molecule has 1 fully saturated rings. The lowest BCUT2D eigenvalue weighted by Crippen LogP contribution is -2.38. The van der Waals surface area contributed by atoms with Crippen LogP contribution >= 0.6 is 0 Å². The third kappa shape index (κ3) is 4.21. The van der Waals surface area contributed by atoms with Crippen molar-refractivity contribution in [1.82, 2.24) is 4.90 Å². The minimum Gasteiger partial charge on any atom is -0.391 e. The fourth-order valence-corrected chi connectivity index (χ4v) is 2.59. The number of benzene rings is 1. The van der Waals surface area contributed by atoms with Gasteiger partial charge in [0, 0.05) is 19.3 Å². The summed E-state index contributed by atoms with van der Waals surface area (Å²) in [6.07, 6.45) is 3.73. The number of nitrogens with zero attached hydrogens (tertiary/aromatic N) is 1. The van der Waals surface area contributed by atoms with Crippen LogP contribution in [-0.4, -0.2) is 35.7 Å². The summed E-state index contributed by atoms with van der Waals surface area (Å²) in [6, 6.07) is 5.90. The van der Waals surface area contributed by atoms with Crippen LogP contribution in [0.25, 0.3) is 0 Å². The van der Waals surface area contributed by atoms with Gasteiger partial charge in [0.15, 0.2) is 0 Å². The average molecular weight is 290 g/mol. The number of carbonyl (C=O) groups is 1. The number of carbonyl (C=O) groups excluding carboxylic acids is 1. The normalized spacial score (nSPS) is 15.6. The van der Waals surface area contributed by atoms with Crippen molar-refractivity contribution in [1.29, 1.82) is 0 Å². The highest BCUT2D eigenvalue weighted by Gasteiger charge is 2.31. The number of rotatable bonds is 6. The van der Waals surface area contributed by atoms with E-state index in [9.17, 15) is 9.90 Å². The minimum absolute atomic E-state index is 0.166. The Morgan fingerprint density at radius 2 is 2.00 bits per heavy atom. The fourth-order valence-electron chi connectivity index (χ4n) is 2.59. The molecule has 0 radical (unpaired) electrons. The molecule has 0 aromatic heterocycles. The van der Waals surface area contributed by atoms with Crippen molar-refractivity contribution in [3.8, 4) is 0 Å². The van der Waals surface area contributed by atoms with Crippen LogP contribution in [0, 0.1) is 5.92 Å². The van der Waals surface area contributed by atoms with Crippen molar-refractivity contribution in [3.05, 3.63) is 29.3 Å². The number of hydrogen-bond acceptors (Lipinski definition) is 2. The van der Waals surface area contributed by atoms with Crippen LogP contribution in [-0.2, 0) is 12.8 Å². The lowest BCUT2D eigenvalue weighted by atomic mass is 10.0. The number of hydrogen-bond donors (Lipinski definition) is 2. The molecular weight excluding hydrogens is 264 g/mol. The van der Waals surface area contributed by atoms with E-state index in [2.05, 4.69) is 25.2 Å². The van der Waals surface area contributed by atoms with Crippen molar-refractivity contribution in [3.63, 3.8) is 0 Å². The molecule has 116 valence electrons. The van der Waals surface area contributed by atoms with Gasteiger partial charge in [0.1, 0.15) is 0 Å². The Morgan fingerprint density at radius 1 is 1.33 bits per heavy atom. The van der Waals surface area contributed by atoms with Crippen LogP contribution < -0.4 is 5.32 Å². The first kappa shape index (κ1) is 15.8. The summed E-state index contributed by atoms with van der Waals surface area (Å²) in [5.41, 5.74) is 3.42. The summed E-state index contributed by atoms with van der Waals surface area (Å²) in [5.74, 6) is 0.385. The zero-order valence-corrected chi connectivity index (χ0v) is 13.2. The van der Waals surface area contributed by atoms with E-state index in [1.54, 1.807) is 11.9 Å². The van der Waals surface area contributed by atoms with Gasteiger partial charge in [0.05, 0.1) is 6.10 Å². The van der Waals surface area contributed by atoms with Crippen LogP contribution in [0.2, 0.25) is 0 Å². The number of anilines is 1. The van der Waals surface area contributed by atoms with Gasteiger partial charge in [-0.1, -0.05) is 19.9 Å². The first-order valence-corrected chi connectivity index (χ1v) is 7.87. The van der Waals surface area contributed by atoms with E-state index >= 15 is 0 Å². The molecule has 2 amide bonds. The van der Waals surface area contributed by atoms with Gasteiger partial charge in [0.25, 0.3) is 0 Å². The highest BCUT2D eigenvalue weighted by molar-refractivity contribution is 5.89. The first-order chi connectivity index (χ1) is 10.0. The molecule has 1 atom stereocenters. The third-order valence-corrected chi connectivity index (χ3v) is 4.19. The Kier molecular flexibility index (Phi) is 5.23. The second-order valence-electron chi connectivity index (χ2n) is 5.91. The molecule has 21 heavy (non-hydrogen) atoms. The van der Waals surface area contributed by atoms with Crippen LogP contribution in [0.15, 0.2) is 18.2 Å². The molecule has 1 aromatic rings. The van der Waals surface area contributed by atoms with Gasteiger partial charge in [0.2, 0.25) is 0 Å². The molecule has 0 heterocycles. The average Bonchev–Trinajstić information content (AvgIpc) is 3.31. The lowest BCUT2D eigenvalue weighted by Gasteiger charge is -2.21. The molecule has 1 aromatic carbocycles. The monoisotopic (exact) mass is 290 g/mol. The molecule has 2 rings (SSSR count). The highest BCUT2D eigenvalue weighted by Crippen LogP contribution is 2.32. The standard InChI is InChI=1S/C17H26N2O2/c1-4-12-8-9-15(10-13(12)5-2)18-17(21)19(3)11-16(20)14-6-7-14/h8-10,14,16,20H,4-7,11H2,1-3H3,(H,18,21). The molecule has 0 aliphatic heterocycles. The summed E-state index contributed by atoms with van der Waals surface area (Å²) in [6.45, 7) is 4.65. The number of aliphatic hydroxyl groups excluding tert-OH is 1. The third-order valence-electron chi connectivity index (χ3n) is 4.19. The van der Waals surface area contributed by atoms with E-state index in [1.807, 2.05) is 12.1 Å². The number of amides is 2. The summed E-state index contributed by atoms with van der Waals surface area (Å²) < 4.78 is 0. The topological polar surface area (TPSA) is 52.6 Å². The maximum atomic E-state index is 12.1. The summed E-state index contributed by atoms with van der Waals surface area (Å²) in [7, 11) is 1.72. The molecule has 1 saturated carbocycles. The van der Waals surface area contributed by atoms with Crippen LogP contribution in [0.3, 0.4) is 0 Å². The van der Waals surface area contributed by atoms with Gasteiger partial charge in [-0.25, -0.2) is 4.79 Å². The predicted octanol–water partition coefficient (Wildman–Crippen LogP) is 3.05. The number of likely N-dealkylation sites (N-methyl/N-ethyl adjacent to an activating group) is 1. The van der Waals surface area contributed by atoms with Gasteiger partial charge < -0.3 is 15.3 Å². The number of aryl methyl sites for hydroxylation is 2. The largest absolute Gasteiger partial charge is 0.391 e. The Balaban J connectivity index is 1.94. The van der Waals surface area contributed by atoms with Crippen molar-refractivity contribution in [2.45, 2.75) is 45.6 Å². The van der Waals surface area contributed by atoms with E-state index in [1.165, 1.54) is 11.1 Å². The van der Waals surface area contributed by atoms with Crippen molar-refractivity contribution in [2.24, 2.45) is 5.92 Å². The van der Waals surface area contributed by atoms with Gasteiger partial charge in [-0.3, -0.25) is 0 Å². The van der Waals surface area contributed by atoms with Crippen molar-refractivity contribution in [2.75, 3.05) is 18.9 Å². The minimum atomic E-state index is -0.394. The van der Waals surface area contributed by atoms with E-state index in [4.69, 9.17) is 0 Å². The van der Waals surface area contributed by atoms with Gasteiger partial charge >= 0.3 is 6.03 Å². The molecule has 1 aliphatic carbocycles. The molecule has 0 spiro atoms. The summed E-state index contributed by atoms with van der Waals surface area (Å²) >= 11 is 0. The van der Waals surface area contributed by atoms with Gasteiger partial charge in [-0.05, 0) is 54.9 Å². The van der Waals surface area contributed by atoms with Gasteiger partial charge in [-0.15, -0.1) is 0 Å². The number of nitrogens with one attached hydrogen (secondary N) is 1.